The quantitative estimate of drug-likeness (QED) is 0.193. The van der Waals surface area contributed by atoms with Crippen LogP contribution in [-0.2, 0) is 0 Å². The van der Waals surface area contributed by atoms with E-state index in [4.69, 9.17) is 4.74 Å². The van der Waals surface area contributed by atoms with Crippen LogP contribution in [0.5, 0.6) is 11.5 Å². The lowest BCUT2D eigenvalue weighted by molar-refractivity contribution is 0.487. The first-order chi connectivity index (χ1) is 23.8. The van der Waals surface area contributed by atoms with Crippen molar-refractivity contribution < 1.29 is 4.74 Å². The molecule has 0 N–H and O–H groups in total. The molecular formula is C46H29NO. The zero-order valence-electron chi connectivity index (χ0n) is 26.1. The van der Waals surface area contributed by atoms with E-state index in [9.17, 15) is 0 Å². The number of rotatable bonds is 4. The molecule has 0 spiro atoms. The van der Waals surface area contributed by atoms with E-state index in [0.717, 1.165) is 28.1 Å². The zero-order valence-corrected chi connectivity index (χ0v) is 26.1. The molecule has 1 aromatic heterocycles. The van der Waals surface area contributed by atoms with Crippen molar-refractivity contribution in [2.75, 3.05) is 0 Å². The van der Waals surface area contributed by atoms with Gasteiger partial charge in [-0.15, -0.1) is 0 Å². The van der Waals surface area contributed by atoms with Gasteiger partial charge in [0.05, 0.1) is 11.0 Å². The summed E-state index contributed by atoms with van der Waals surface area (Å²) in [5, 5.41) is 4.86. The molecule has 8 aromatic carbocycles. The molecule has 10 rings (SSSR count). The van der Waals surface area contributed by atoms with E-state index < -0.39 is 0 Å². The van der Waals surface area contributed by atoms with Gasteiger partial charge in [-0.05, 0) is 81.2 Å². The van der Waals surface area contributed by atoms with Gasteiger partial charge in [-0.1, -0.05) is 133 Å². The Balaban J connectivity index is 1.15. The molecule has 9 aromatic rings. The fourth-order valence-corrected chi connectivity index (χ4v) is 7.64. The van der Waals surface area contributed by atoms with E-state index >= 15 is 0 Å². The Hall–Kier alpha value is -6.38. The predicted octanol–water partition coefficient (Wildman–Crippen LogP) is 12.7. The number of ether oxygens (including phenoxy) is 1. The highest BCUT2D eigenvalue weighted by Crippen LogP contribution is 2.50. The van der Waals surface area contributed by atoms with E-state index in [1.165, 1.54) is 66.1 Å². The van der Waals surface area contributed by atoms with Crippen molar-refractivity contribution in [3.05, 3.63) is 176 Å². The summed E-state index contributed by atoms with van der Waals surface area (Å²) in [4.78, 5) is 0. The molecule has 48 heavy (non-hydrogen) atoms. The minimum atomic E-state index is 0.895. The molecule has 0 atom stereocenters. The Bertz CT molecular complexity index is 2690. The van der Waals surface area contributed by atoms with Gasteiger partial charge in [0.15, 0.2) is 0 Å². The highest BCUT2D eigenvalue weighted by atomic mass is 16.5. The van der Waals surface area contributed by atoms with Crippen molar-refractivity contribution in [2.45, 2.75) is 0 Å². The summed E-state index contributed by atoms with van der Waals surface area (Å²) in [6, 6.07) is 63.1. The maximum absolute atomic E-state index is 6.55. The molecular weight excluding hydrogens is 583 g/mol. The molecule has 1 aliphatic heterocycles. The minimum Gasteiger partial charge on any atom is -0.456 e. The number of nitrogens with zero attached hydrogens (tertiary/aromatic N) is 1. The predicted molar refractivity (Wildman–Crippen MR) is 200 cm³/mol. The molecule has 0 aliphatic carbocycles. The van der Waals surface area contributed by atoms with E-state index in [1.54, 1.807) is 0 Å². The lowest BCUT2D eigenvalue weighted by Gasteiger charge is -2.23. The zero-order chi connectivity index (χ0) is 31.6. The van der Waals surface area contributed by atoms with Gasteiger partial charge in [0, 0.05) is 33.0 Å². The summed E-state index contributed by atoms with van der Waals surface area (Å²) in [5.41, 5.74) is 13.1. The first kappa shape index (κ1) is 26.8. The Morgan fingerprint density at radius 3 is 1.85 bits per heavy atom. The summed E-state index contributed by atoms with van der Waals surface area (Å²) >= 11 is 0. The SMILES string of the molecule is c1ccc(-c2ccc3c(c2)-c2cccc4c(-c5cccc(-c6cccc7c8ccccc8n(-c8ccccc8)c67)c5)ccc(c24)O3)cc1. The molecule has 0 fully saturated rings. The van der Waals surface area contributed by atoms with Crippen molar-refractivity contribution in [3.8, 4) is 61.7 Å². The average molecular weight is 612 g/mol. The average Bonchev–Trinajstić information content (AvgIpc) is 3.50. The fraction of sp³-hybridized carbons (Fsp3) is 0. The van der Waals surface area contributed by atoms with Crippen LogP contribution in [0.25, 0.3) is 82.8 Å². The summed E-state index contributed by atoms with van der Waals surface area (Å²) in [6.07, 6.45) is 0. The smallest absolute Gasteiger partial charge is 0.135 e. The second-order valence-corrected chi connectivity index (χ2v) is 12.5. The largest absolute Gasteiger partial charge is 0.456 e. The summed E-state index contributed by atoms with van der Waals surface area (Å²) in [7, 11) is 0. The number of hydrogen-bond acceptors (Lipinski definition) is 1. The van der Waals surface area contributed by atoms with Crippen molar-refractivity contribution in [3.63, 3.8) is 0 Å². The van der Waals surface area contributed by atoms with Gasteiger partial charge >= 0.3 is 0 Å². The standard InChI is InChI=1S/C46H29NO/c1-3-12-30(13-4-1)31-24-26-43-41(29-31)39-21-11-20-38-35(25-27-44(48-43)45(38)39)32-14-9-15-33(28-32)36-19-10-22-40-37-18-7-8-23-42(37)47(46(36)40)34-16-5-2-6-17-34/h1-29H. The number of fused-ring (bicyclic) bond motifs is 5. The van der Waals surface area contributed by atoms with Gasteiger partial charge in [-0.25, -0.2) is 0 Å². The minimum absolute atomic E-state index is 0.895. The van der Waals surface area contributed by atoms with Crippen LogP contribution in [0.2, 0.25) is 0 Å². The third-order valence-electron chi connectivity index (χ3n) is 9.79. The van der Waals surface area contributed by atoms with Crippen LogP contribution >= 0.6 is 0 Å². The van der Waals surface area contributed by atoms with Gasteiger partial charge in [-0.3, -0.25) is 0 Å². The molecule has 2 nitrogen and oxygen atoms in total. The molecule has 0 saturated heterocycles. The molecule has 2 heterocycles. The van der Waals surface area contributed by atoms with Crippen LogP contribution < -0.4 is 4.74 Å². The summed E-state index contributed by atoms with van der Waals surface area (Å²) in [6.45, 7) is 0. The molecule has 0 bridgehead atoms. The number of para-hydroxylation sites is 3. The van der Waals surface area contributed by atoms with Crippen molar-refractivity contribution in [1.82, 2.24) is 4.57 Å². The molecule has 0 saturated carbocycles. The Kier molecular flexibility index (Phi) is 5.91. The van der Waals surface area contributed by atoms with Crippen LogP contribution in [0.3, 0.4) is 0 Å². The number of benzene rings is 8. The Morgan fingerprint density at radius 1 is 0.354 bits per heavy atom. The van der Waals surface area contributed by atoms with Crippen LogP contribution in [-0.4, -0.2) is 4.57 Å². The van der Waals surface area contributed by atoms with Crippen LogP contribution in [0.1, 0.15) is 0 Å². The van der Waals surface area contributed by atoms with Crippen LogP contribution in [0, 0.1) is 0 Å². The third kappa shape index (κ3) is 4.06. The van der Waals surface area contributed by atoms with Crippen molar-refractivity contribution >= 4 is 32.6 Å². The topological polar surface area (TPSA) is 14.2 Å². The van der Waals surface area contributed by atoms with Gasteiger partial charge in [0.1, 0.15) is 11.5 Å². The van der Waals surface area contributed by atoms with Crippen molar-refractivity contribution in [2.24, 2.45) is 0 Å². The Labute approximate surface area is 278 Å². The number of aromatic nitrogens is 1. The van der Waals surface area contributed by atoms with Gasteiger partial charge in [-0.2, -0.15) is 0 Å². The van der Waals surface area contributed by atoms with E-state index in [2.05, 4.69) is 180 Å². The Morgan fingerprint density at radius 2 is 1.00 bits per heavy atom. The van der Waals surface area contributed by atoms with Gasteiger partial charge < -0.3 is 9.30 Å². The normalized spacial score (nSPS) is 11.9. The fourth-order valence-electron chi connectivity index (χ4n) is 7.64. The maximum atomic E-state index is 6.55. The molecule has 224 valence electrons. The van der Waals surface area contributed by atoms with E-state index in [-0.39, 0.29) is 0 Å². The maximum Gasteiger partial charge on any atom is 0.135 e. The second kappa shape index (κ2) is 10.6. The monoisotopic (exact) mass is 611 g/mol. The third-order valence-corrected chi connectivity index (χ3v) is 9.79. The lowest BCUT2D eigenvalue weighted by atomic mass is 9.88. The molecule has 0 unspecified atom stereocenters. The molecule has 1 aliphatic rings. The molecule has 0 radical (unpaired) electrons. The molecule has 2 heteroatoms. The highest BCUT2D eigenvalue weighted by Gasteiger charge is 2.23. The lowest BCUT2D eigenvalue weighted by Crippen LogP contribution is -1.98. The summed E-state index contributed by atoms with van der Waals surface area (Å²) in [5.74, 6) is 1.80. The van der Waals surface area contributed by atoms with E-state index in [1.807, 2.05) is 0 Å². The first-order valence-corrected chi connectivity index (χ1v) is 16.4. The van der Waals surface area contributed by atoms with Crippen LogP contribution in [0.15, 0.2) is 176 Å². The highest BCUT2D eigenvalue weighted by molar-refractivity contribution is 6.14. The first-order valence-electron chi connectivity index (χ1n) is 16.4. The van der Waals surface area contributed by atoms with Crippen molar-refractivity contribution in [1.29, 1.82) is 0 Å². The molecule has 0 amide bonds. The van der Waals surface area contributed by atoms with Gasteiger partial charge in [0.25, 0.3) is 0 Å². The van der Waals surface area contributed by atoms with E-state index in [0.29, 0.717) is 0 Å². The van der Waals surface area contributed by atoms with Crippen LogP contribution in [0.4, 0.5) is 0 Å². The van der Waals surface area contributed by atoms with Gasteiger partial charge in [0.2, 0.25) is 0 Å². The second-order valence-electron chi connectivity index (χ2n) is 12.5. The number of hydrogen-bond donors (Lipinski definition) is 0. The summed E-state index contributed by atoms with van der Waals surface area (Å²) < 4.78 is 8.96.